The number of likely N-dealkylation sites (N-methyl/N-ethyl adjacent to an activating group) is 1. The number of rotatable bonds is 4. The minimum absolute atomic E-state index is 0.00917. The molecule has 0 amide bonds. The summed E-state index contributed by atoms with van der Waals surface area (Å²) in [5.41, 5.74) is 1.64. The molecule has 16 heavy (non-hydrogen) atoms. The Morgan fingerprint density at radius 1 is 1.38 bits per heavy atom. The minimum Gasteiger partial charge on any atom is -0.394 e. The lowest BCUT2D eigenvalue weighted by molar-refractivity contribution is 0.199. The Morgan fingerprint density at radius 2 is 2.00 bits per heavy atom. The predicted octanol–water partition coefficient (Wildman–Crippen LogP) is 2.21. The third kappa shape index (κ3) is 2.88. The van der Waals surface area contributed by atoms with Gasteiger partial charge in [-0.3, -0.25) is 0 Å². The first-order valence-corrected chi connectivity index (χ1v) is 5.66. The molecule has 0 bridgehead atoms. The number of hydrogen-bond donors (Lipinski definition) is 2. The number of nitrogens with zero attached hydrogens (tertiary/aromatic N) is 1. The summed E-state index contributed by atoms with van der Waals surface area (Å²) in [6, 6.07) is 5.46. The van der Waals surface area contributed by atoms with Crippen molar-refractivity contribution in [1.29, 1.82) is 0 Å². The second-order valence-electron chi connectivity index (χ2n) is 4.03. The van der Waals surface area contributed by atoms with Crippen molar-refractivity contribution in [3.05, 3.63) is 28.8 Å². The molecule has 0 saturated carbocycles. The van der Waals surface area contributed by atoms with E-state index in [1.807, 2.05) is 31.0 Å². The lowest BCUT2D eigenvalue weighted by Crippen LogP contribution is -2.31. The van der Waals surface area contributed by atoms with Crippen LogP contribution in [0.3, 0.4) is 0 Å². The molecule has 1 aromatic carbocycles. The molecular formula is C12H18ClNO2. The van der Waals surface area contributed by atoms with Crippen LogP contribution in [0.5, 0.6) is 0 Å². The number of hydrogen-bond acceptors (Lipinski definition) is 3. The van der Waals surface area contributed by atoms with Gasteiger partial charge < -0.3 is 15.1 Å². The van der Waals surface area contributed by atoms with Crippen LogP contribution in [0, 0.1) is 0 Å². The second kappa shape index (κ2) is 5.53. The fourth-order valence-corrected chi connectivity index (χ4v) is 1.75. The molecule has 1 aromatic rings. The van der Waals surface area contributed by atoms with Gasteiger partial charge in [0, 0.05) is 13.1 Å². The molecule has 90 valence electrons. The van der Waals surface area contributed by atoms with E-state index in [9.17, 15) is 5.11 Å². The maximum Gasteiger partial charge on any atom is 0.0762 e. The maximum absolute atomic E-state index is 9.42. The van der Waals surface area contributed by atoms with Gasteiger partial charge in [0.2, 0.25) is 0 Å². The van der Waals surface area contributed by atoms with Crippen LogP contribution in [0.25, 0.3) is 0 Å². The Bertz CT molecular complexity index is 355. The molecule has 2 N–H and O–H groups in total. The SMILES string of the molecule is CC(O)c1ccc(N(C)C(C)CO)c(Cl)c1. The highest BCUT2D eigenvalue weighted by Gasteiger charge is 2.13. The monoisotopic (exact) mass is 243 g/mol. The van der Waals surface area contributed by atoms with Gasteiger partial charge in [-0.2, -0.15) is 0 Å². The molecule has 1 rings (SSSR count). The molecule has 0 heterocycles. The Morgan fingerprint density at radius 3 is 2.44 bits per heavy atom. The molecule has 0 aliphatic carbocycles. The van der Waals surface area contributed by atoms with Crippen molar-refractivity contribution in [2.75, 3.05) is 18.6 Å². The summed E-state index contributed by atoms with van der Waals surface area (Å²) in [5.74, 6) is 0. The van der Waals surface area contributed by atoms with Crippen molar-refractivity contribution in [3.63, 3.8) is 0 Å². The Balaban J connectivity index is 2.99. The van der Waals surface area contributed by atoms with Crippen LogP contribution in [-0.2, 0) is 0 Å². The maximum atomic E-state index is 9.42. The zero-order valence-corrected chi connectivity index (χ0v) is 10.6. The highest BCUT2D eigenvalue weighted by molar-refractivity contribution is 6.33. The summed E-state index contributed by atoms with van der Waals surface area (Å²) in [7, 11) is 1.88. The standard InChI is InChI=1S/C12H18ClNO2/c1-8(7-15)14(3)12-5-4-10(9(2)16)6-11(12)13/h4-6,8-9,15-16H,7H2,1-3H3. The summed E-state index contributed by atoms with van der Waals surface area (Å²) < 4.78 is 0. The predicted molar refractivity (Wildman–Crippen MR) is 67.0 cm³/mol. The summed E-state index contributed by atoms with van der Waals surface area (Å²) in [6.07, 6.45) is -0.521. The van der Waals surface area contributed by atoms with E-state index in [1.165, 1.54) is 0 Å². The summed E-state index contributed by atoms with van der Waals surface area (Å²) in [4.78, 5) is 1.91. The van der Waals surface area contributed by atoms with Crippen LogP contribution in [0.1, 0.15) is 25.5 Å². The molecule has 2 atom stereocenters. The molecule has 3 nitrogen and oxygen atoms in total. The molecule has 0 saturated heterocycles. The van der Waals surface area contributed by atoms with Gasteiger partial charge >= 0.3 is 0 Å². The first-order chi connectivity index (χ1) is 7.47. The smallest absolute Gasteiger partial charge is 0.0762 e. The van der Waals surface area contributed by atoms with Crippen LogP contribution in [0.15, 0.2) is 18.2 Å². The molecule has 4 heteroatoms. The van der Waals surface area contributed by atoms with Crippen molar-refractivity contribution in [2.45, 2.75) is 26.0 Å². The van der Waals surface area contributed by atoms with Crippen LogP contribution < -0.4 is 4.90 Å². The van der Waals surface area contributed by atoms with Gasteiger partial charge in [-0.05, 0) is 31.5 Å². The molecule has 0 fully saturated rings. The van der Waals surface area contributed by atoms with Gasteiger partial charge in [0.05, 0.1) is 23.4 Å². The normalized spacial score (nSPS) is 14.6. The van der Waals surface area contributed by atoms with Gasteiger partial charge in [0.25, 0.3) is 0 Å². The van der Waals surface area contributed by atoms with Crippen LogP contribution >= 0.6 is 11.6 Å². The number of aliphatic hydroxyl groups excluding tert-OH is 2. The van der Waals surface area contributed by atoms with E-state index in [0.717, 1.165) is 11.3 Å². The van der Waals surface area contributed by atoms with Crippen molar-refractivity contribution in [3.8, 4) is 0 Å². The molecule has 0 radical (unpaired) electrons. The number of anilines is 1. The zero-order chi connectivity index (χ0) is 12.3. The van der Waals surface area contributed by atoms with Gasteiger partial charge in [-0.15, -0.1) is 0 Å². The largest absolute Gasteiger partial charge is 0.394 e. The van der Waals surface area contributed by atoms with E-state index in [2.05, 4.69) is 0 Å². The highest BCUT2D eigenvalue weighted by Crippen LogP contribution is 2.29. The number of aliphatic hydroxyl groups is 2. The molecule has 2 unspecified atom stereocenters. The topological polar surface area (TPSA) is 43.7 Å². The van der Waals surface area contributed by atoms with E-state index in [1.54, 1.807) is 13.0 Å². The molecule has 0 aliphatic rings. The van der Waals surface area contributed by atoms with Crippen LogP contribution in [0.2, 0.25) is 5.02 Å². The van der Waals surface area contributed by atoms with Crippen molar-refractivity contribution < 1.29 is 10.2 Å². The van der Waals surface area contributed by atoms with Gasteiger partial charge in [0.1, 0.15) is 0 Å². The Labute approximate surface area is 101 Å². The van der Waals surface area contributed by atoms with Crippen LogP contribution in [0.4, 0.5) is 5.69 Å². The van der Waals surface area contributed by atoms with Gasteiger partial charge in [0.15, 0.2) is 0 Å². The molecule has 0 spiro atoms. The van der Waals surface area contributed by atoms with Crippen molar-refractivity contribution >= 4 is 17.3 Å². The van der Waals surface area contributed by atoms with Crippen molar-refractivity contribution in [1.82, 2.24) is 0 Å². The van der Waals surface area contributed by atoms with E-state index < -0.39 is 6.10 Å². The fourth-order valence-electron chi connectivity index (χ4n) is 1.43. The van der Waals surface area contributed by atoms with Crippen molar-refractivity contribution in [2.24, 2.45) is 0 Å². The second-order valence-corrected chi connectivity index (χ2v) is 4.44. The lowest BCUT2D eigenvalue weighted by atomic mass is 10.1. The molecule has 0 aromatic heterocycles. The lowest BCUT2D eigenvalue weighted by Gasteiger charge is -2.26. The average Bonchev–Trinajstić information content (AvgIpc) is 2.26. The molecule has 0 aliphatic heterocycles. The van der Waals surface area contributed by atoms with E-state index >= 15 is 0 Å². The summed E-state index contributed by atoms with van der Waals surface area (Å²) >= 11 is 6.13. The first kappa shape index (κ1) is 13.3. The third-order valence-corrected chi connectivity index (χ3v) is 3.06. The van der Waals surface area contributed by atoms with E-state index in [-0.39, 0.29) is 12.6 Å². The highest BCUT2D eigenvalue weighted by atomic mass is 35.5. The Kier molecular flexibility index (Phi) is 4.59. The third-order valence-electron chi connectivity index (χ3n) is 2.76. The number of halogens is 1. The quantitative estimate of drug-likeness (QED) is 0.852. The van der Waals surface area contributed by atoms with Gasteiger partial charge in [-0.1, -0.05) is 17.7 Å². The Hall–Kier alpha value is -0.770. The number of benzene rings is 1. The van der Waals surface area contributed by atoms with Gasteiger partial charge in [-0.25, -0.2) is 0 Å². The first-order valence-electron chi connectivity index (χ1n) is 5.28. The molecular weight excluding hydrogens is 226 g/mol. The van der Waals surface area contributed by atoms with Crippen LogP contribution in [-0.4, -0.2) is 29.9 Å². The van der Waals surface area contributed by atoms with E-state index in [0.29, 0.717) is 5.02 Å². The summed E-state index contributed by atoms with van der Waals surface area (Å²) in [6.45, 7) is 3.69. The minimum atomic E-state index is -0.521. The fraction of sp³-hybridized carbons (Fsp3) is 0.500. The average molecular weight is 244 g/mol. The summed E-state index contributed by atoms with van der Waals surface area (Å²) in [5, 5.41) is 19.1. The zero-order valence-electron chi connectivity index (χ0n) is 9.81. The van der Waals surface area contributed by atoms with E-state index in [4.69, 9.17) is 16.7 Å².